The number of hydrogen-bond donors (Lipinski definition) is 0. The van der Waals surface area contributed by atoms with Gasteiger partial charge in [0.15, 0.2) is 0 Å². The Labute approximate surface area is 96.4 Å². The second-order valence-corrected chi connectivity index (χ2v) is 5.63. The van der Waals surface area contributed by atoms with Crippen LogP contribution in [0.15, 0.2) is 24.3 Å². The molecule has 2 rings (SSSR count). The van der Waals surface area contributed by atoms with Crippen LogP contribution in [-0.4, -0.2) is 18.5 Å². The van der Waals surface area contributed by atoms with Gasteiger partial charge in [-0.25, -0.2) is 0 Å². The third-order valence-electron chi connectivity index (χ3n) is 2.01. The molecule has 0 unspecified atom stereocenters. The van der Waals surface area contributed by atoms with Crippen LogP contribution in [0, 0.1) is 3.57 Å². The molecule has 0 radical (unpaired) electrons. The number of ether oxygens (including phenoxy) is 1. The predicted molar refractivity (Wildman–Crippen MR) is 65.1 cm³/mol. The van der Waals surface area contributed by atoms with E-state index in [9.17, 15) is 0 Å². The SMILES string of the molecule is Ic1ccc(CSC2COC2)cc1. The minimum absolute atomic E-state index is 0.735. The molecule has 0 aromatic heterocycles. The summed E-state index contributed by atoms with van der Waals surface area (Å²) in [5, 5.41) is 0.735. The van der Waals surface area contributed by atoms with Crippen LogP contribution in [-0.2, 0) is 10.5 Å². The summed E-state index contributed by atoms with van der Waals surface area (Å²) in [6, 6.07) is 8.73. The van der Waals surface area contributed by atoms with Crippen LogP contribution in [0.25, 0.3) is 0 Å². The van der Waals surface area contributed by atoms with Gasteiger partial charge < -0.3 is 4.74 Å². The number of thioether (sulfide) groups is 1. The third kappa shape index (κ3) is 2.86. The summed E-state index contributed by atoms with van der Waals surface area (Å²) < 4.78 is 6.42. The number of halogens is 1. The maximum atomic E-state index is 5.12. The van der Waals surface area contributed by atoms with Crippen molar-refractivity contribution in [3.8, 4) is 0 Å². The molecule has 1 aromatic carbocycles. The van der Waals surface area contributed by atoms with Gasteiger partial charge in [0.25, 0.3) is 0 Å². The summed E-state index contributed by atoms with van der Waals surface area (Å²) in [5.41, 5.74) is 1.41. The Hall–Kier alpha value is 0.260. The molecular formula is C10H11IOS. The highest BCUT2D eigenvalue weighted by Gasteiger charge is 2.18. The molecule has 1 saturated heterocycles. The van der Waals surface area contributed by atoms with E-state index in [-0.39, 0.29) is 0 Å². The van der Waals surface area contributed by atoms with E-state index in [0.717, 1.165) is 24.2 Å². The summed E-state index contributed by atoms with van der Waals surface area (Å²) in [6.45, 7) is 1.88. The van der Waals surface area contributed by atoms with Crippen molar-refractivity contribution in [1.82, 2.24) is 0 Å². The van der Waals surface area contributed by atoms with Crippen LogP contribution in [0.4, 0.5) is 0 Å². The van der Waals surface area contributed by atoms with E-state index in [2.05, 4.69) is 46.9 Å². The summed E-state index contributed by atoms with van der Waals surface area (Å²) >= 11 is 4.32. The van der Waals surface area contributed by atoms with Crippen molar-refractivity contribution in [2.24, 2.45) is 0 Å². The highest BCUT2D eigenvalue weighted by Crippen LogP contribution is 2.23. The zero-order valence-corrected chi connectivity index (χ0v) is 10.2. The first kappa shape index (κ1) is 9.80. The zero-order chi connectivity index (χ0) is 9.10. The predicted octanol–water partition coefficient (Wildman–Crippen LogP) is 2.92. The average molecular weight is 306 g/mol. The van der Waals surface area contributed by atoms with Crippen molar-refractivity contribution in [1.29, 1.82) is 0 Å². The van der Waals surface area contributed by atoms with Gasteiger partial charge in [-0.15, -0.1) is 11.8 Å². The van der Waals surface area contributed by atoms with Gasteiger partial charge in [0.05, 0.1) is 18.5 Å². The molecule has 0 saturated carbocycles. The van der Waals surface area contributed by atoms with Crippen molar-refractivity contribution in [3.05, 3.63) is 33.4 Å². The lowest BCUT2D eigenvalue weighted by Gasteiger charge is -2.25. The minimum Gasteiger partial charge on any atom is -0.379 e. The minimum atomic E-state index is 0.735. The molecule has 13 heavy (non-hydrogen) atoms. The van der Waals surface area contributed by atoms with Crippen molar-refractivity contribution in [3.63, 3.8) is 0 Å². The molecule has 0 aliphatic carbocycles. The first-order chi connectivity index (χ1) is 6.34. The highest BCUT2D eigenvalue weighted by atomic mass is 127. The zero-order valence-electron chi connectivity index (χ0n) is 7.20. The Balaban J connectivity index is 1.83. The topological polar surface area (TPSA) is 9.23 Å². The summed E-state index contributed by atoms with van der Waals surface area (Å²) in [4.78, 5) is 0. The summed E-state index contributed by atoms with van der Waals surface area (Å²) in [6.07, 6.45) is 0. The standard InChI is InChI=1S/C10H11IOS/c11-9-3-1-8(2-4-9)7-13-10-5-12-6-10/h1-4,10H,5-7H2. The van der Waals surface area contributed by atoms with Crippen molar-refractivity contribution in [2.45, 2.75) is 11.0 Å². The smallest absolute Gasteiger partial charge is 0.0608 e. The van der Waals surface area contributed by atoms with E-state index in [1.807, 2.05) is 11.8 Å². The lowest BCUT2D eigenvalue weighted by atomic mass is 10.2. The van der Waals surface area contributed by atoms with Gasteiger partial charge in [-0.3, -0.25) is 0 Å². The van der Waals surface area contributed by atoms with Gasteiger partial charge in [0.1, 0.15) is 0 Å². The molecule has 0 amide bonds. The first-order valence-electron chi connectivity index (χ1n) is 4.28. The molecule has 0 spiro atoms. The fourth-order valence-electron chi connectivity index (χ4n) is 1.11. The molecule has 1 fully saturated rings. The molecule has 0 atom stereocenters. The molecular weight excluding hydrogens is 295 g/mol. The highest BCUT2D eigenvalue weighted by molar-refractivity contribution is 14.1. The Morgan fingerprint density at radius 1 is 1.31 bits per heavy atom. The maximum absolute atomic E-state index is 5.12. The molecule has 1 aliphatic heterocycles. The van der Waals surface area contributed by atoms with Gasteiger partial charge in [-0.2, -0.15) is 0 Å². The van der Waals surface area contributed by atoms with E-state index in [0.29, 0.717) is 0 Å². The van der Waals surface area contributed by atoms with Gasteiger partial charge in [0, 0.05) is 9.32 Å². The Kier molecular flexibility index (Phi) is 3.51. The van der Waals surface area contributed by atoms with E-state index < -0.39 is 0 Å². The second-order valence-electron chi connectivity index (χ2n) is 3.10. The van der Waals surface area contributed by atoms with Gasteiger partial charge in [-0.1, -0.05) is 12.1 Å². The lowest BCUT2D eigenvalue weighted by molar-refractivity contribution is 0.0455. The number of benzene rings is 1. The lowest BCUT2D eigenvalue weighted by Crippen LogP contribution is -2.30. The molecule has 1 aliphatic rings. The van der Waals surface area contributed by atoms with Crippen LogP contribution in [0.1, 0.15) is 5.56 Å². The fourth-order valence-corrected chi connectivity index (χ4v) is 2.47. The molecule has 1 aromatic rings. The van der Waals surface area contributed by atoms with Gasteiger partial charge in [0.2, 0.25) is 0 Å². The van der Waals surface area contributed by atoms with Crippen molar-refractivity contribution >= 4 is 34.4 Å². The van der Waals surface area contributed by atoms with Crippen molar-refractivity contribution in [2.75, 3.05) is 13.2 Å². The van der Waals surface area contributed by atoms with E-state index in [1.165, 1.54) is 9.13 Å². The third-order valence-corrected chi connectivity index (χ3v) is 3.97. The molecule has 3 heteroatoms. The van der Waals surface area contributed by atoms with Crippen LogP contribution in [0.5, 0.6) is 0 Å². The number of hydrogen-bond acceptors (Lipinski definition) is 2. The van der Waals surface area contributed by atoms with Crippen molar-refractivity contribution < 1.29 is 4.74 Å². The summed E-state index contributed by atoms with van der Waals surface area (Å²) in [5.74, 6) is 1.12. The van der Waals surface area contributed by atoms with E-state index >= 15 is 0 Å². The van der Waals surface area contributed by atoms with Crippen LogP contribution < -0.4 is 0 Å². The van der Waals surface area contributed by atoms with Gasteiger partial charge in [-0.05, 0) is 40.3 Å². The Morgan fingerprint density at radius 2 is 2.00 bits per heavy atom. The largest absolute Gasteiger partial charge is 0.379 e. The maximum Gasteiger partial charge on any atom is 0.0608 e. The molecule has 70 valence electrons. The first-order valence-corrected chi connectivity index (χ1v) is 6.41. The molecule has 1 nitrogen and oxygen atoms in total. The Morgan fingerprint density at radius 3 is 2.54 bits per heavy atom. The quantitative estimate of drug-likeness (QED) is 0.794. The number of rotatable bonds is 3. The second kappa shape index (κ2) is 4.66. The van der Waals surface area contributed by atoms with Gasteiger partial charge >= 0.3 is 0 Å². The summed E-state index contributed by atoms with van der Waals surface area (Å²) in [7, 11) is 0. The van der Waals surface area contributed by atoms with Crippen LogP contribution >= 0.6 is 34.4 Å². The molecule has 0 N–H and O–H groups in total. The van der Waals surface area contributed by atoms with Crippen LogP contribution in [0.2, 0.25) is 0 Å². The Bertz CT molecular complexity index is 269. The average Bonchev–Trinajstić information content (AvgIpc) is 2.05. The normalized spacial score (nSPS) is 17.0. The van der Waals surface area contributed by atoms with E-state index in [4.69, 9.17) is 4.74 Å². The van der Waals surface area contributed by atoms with Crippen LogP contribution in [0.3, 0.4) is 0 Å². The molecule has 1 heterocycles. The fraction of sp³-hybridized carbons (Fsp3) is 0.400. The van der Waals surface area contributed by atoms with E-state index in [1.54, 1.807) is 0 Å². The monoisotopic (exact) mass is 306 g/mol. The molecule has 0 bridgehead atoms.